The van der Waals surface area contributed by atoms with E-state index in [2.05, 4.69) is 0 Å². The molecule has 1 aromatic carbocycles. The van der Waals surface area contributed by atoms with Crippen molar-refractivity contribution in [3.63, 3.8) is 0 Å². The van der Waals surface area contributed by atoms with Crippen LogP contribution < -0.4 is 15.2 Å². The monoisotopic (exact) mass is 290 g/mol. The molecule has 2 fully saturated rings. The van der Waals surface area contributed by atoms with Crippen molar-refractivity contribution in [2.24, 2.45) is 17.6 Å². The number of methoxy groups -OCH3 is 2. The standard InChI is InChI=1S/C16H22N2O3/c1-20-14-6-4-10(7-15(14)21-2)16(19)18-8-11-3-5-13(17)12(11)9-18/h4,6-7,11-13H,3,5,8-9,17H2,1-2H3. The Balaban J connectivity index is 1.77. The summed E-state index contributed by atoms with van der Waals surface area (Å²) in [5.41, 5.74) is 6.77. The minimum absolute atomic E-state index is 0.0533. The van der Waals surface area contributed by atoms with Crippen LogP contribution in [0.1, 0.15) is 23.2 Å². The maximum Gasteiger partial charge on any atom is 0.254 e. The predicted octanol–water partition coefficient (Wildman–Crippen LogP) is 1.51. The molecule has 3 atom stereocenters. The van der Waals surface area contributed by atoms with Crippen LogP contribution in [-0.2, 0) is 0 Å². The number of hydrogen-bond donors (Lipinski definition) is 1. The van der Waals surface area contributed by atoms with E-state index in [1.54, 1.807) is 32.4 Å². The lowest BCUT2D eigenvalue weighted by Gasteiger charge is -2.19. The van der Waals surface area contributed by atoms with Crippen LogP contribution >= 0.6 is 0 Å². The van der Waals surface area contributed by atoms with Gasteiger partial charge in [0.1, 0.15) is 0 Å². The number of carbonyl (C=O) groups is 1. The Kier molecular flexibility index (Phi) is 3.76. The van der Waals surface area contributed by atoms with E-state index >= 15 is 0 Å². The molecule has 0 bridgehead atoms. The number of amides is 1. The maximum atomic E-state index is 12.6. The molecule has 5 heteroatoms. The first-order valence-corrected chi connectivity index (χ1v) is 7.41. The summed E-state index contributed by atoms with van der Waals surface area (Å²) in [6.45, 7) is 1.60. The highest BCUT2D eigenvalue weighted by Gasteiger charge is 2.42. The van der Waals surface area contributed by atoms with E-state index in [1.165, 1.54) is 0 Å². The van der Waals surface area contributed by atoms with Crippen molar-refractivity contribution in [2.75, 3.05) is 27.3 Å². The van der Waals surface area contributed by atoms with Crippen LogP contribution in [0.2, 0.25) is 0 Å². The molecule has 3 rings (SSSR count). The van der Waals surface area contributed by atoms with Crippen molar-refractivity contribution in [1.29, 1.82) is 0 Å². The zero-order chi connectivity index (χ0) is 15.0. The zero-order valence-electron chi connectivity index (χ0n) is 12.5. The molecule has 5 nitrogen and oxygen atoms in total. The highest BCUT2D eigenvalue weighted by molar-refractivity contribution is 5.95. The number of nitrogens with zero attached hydrogens (tertiary/aromatic N) is 1. The molecule has 2 N–H and O–H groups in total. The first-order chi connectivity index (χ1) is 10.1. The molecular formula is C16H22N2O3. The summed E-state index contributed by atoms with van der Waals surface area (Å²) in [6, 6.07) is 5.56. The maximum absolute atomic E-state index is 12.6. The molecule has 114 valence electrons. The summed E-state index contributed by atoms with van der Waals surface area (Å²) in [5, 5.41) is 0. The third-order valence-electron chi connectivity index (χ3n) is 4.83. The van der Waals surface area contributed by atoms with Crippen molar-refractivity contribution in [2.45, 2.75) is 18.9 Å². The minimum Gasteiger partial charge on any atom is -0.493 e. The van der Waals surface area contributed by atoms with Crippen LogP contribution in [0.25, 0.3) is 0 Å². The molecule has 3 unspecified atom stereocenters. The molecule has 2 aliphatic rings. The molecule has 1 aromatic rings. The second kappa shape index (κ2) is 5.56. The van der Waals surface area contributed by atoms with E-state index in [0.29, 0.717) is 28.9 Å². The average Bonchev–Trinajstić information content (AvgIpc) is 3.08. The van der Waals surface area contributed by atoms with E-state index in [-0.39, 0.29) is 11.9 Å². The average molecular weight is 290 g/mol. The van der Waals surface area contributed by atoms with Crippen LogP contribution in [0.3, 0.4) is 0 Å². The molecule has 1 saturated carbocycles. The molecule has 1 saturated heterocycles. The quantitative estimate of drug-likeness (QED) is 0.916. The number of rotatable bonds is 3. The fraction of sp³-hybridized carbons (Fsp3) is 0.562. The van der Waals surface area contributed by atoms with Gasteiger partial charge in [0.25, 0.3) is 5.91 Å². The van der Waals surface area contributed by atoms with Crippen molar-refractivity contribution in [1.82, 2.24) is 4.90 Å². The summed E-state index contributed by atoms with van der Waals surface area (Å²) in [4.78, 5) is 14.6. The van der Waals surface area contributed by atoms with E-state index < -0.39 is 0 Å². The predicted molar refractivity (Wildman–Crippen MR) is 79.6 cm³/mol. The lowest BCUT2D eigenvalue weighted by atomic mass is 9.98. The minimum atomic E-state index is 0.0533. The van der Waals surface area contributed by atoms with Crippen LogP contribution in [0.5, 0.6) is 11.5 Å². The van der Waals surface area contributed by atoms with Gasteiger partial charge in [0.05, 0.1) is 14.2 Å². The molecule has 1 heterocycles. The Morgan fingerprint density at radius 1 is 1.19 bits per heavy atom. The molecule has 1 aliphatic carbocycles. The first-order valence-electron chi connectivity index (χ1n) is 7.41. The van der Waals surface area contributed by atoms with E-state index in [0.717, 1.165) is 25.9 Å². The van der Waals surface area contributed by atoms with E-state index in [9.17, 15) is 4.79 Å². The number of ether oxygens (including phenoxy) is 2. The van der Waals surface area contributed by atoms with E-state index in [1.807, 2.05) is 4.90 Å². The Hall–Kier alpha value is -1.75. The Morgan fingerprint density at radius 2 is 1.95 bits per heavy atom. The van der Waals surface area contributed by atoms with E-state index in [4.69, 9.17) is 15.2 Å². The summed E-state index contributed by atoms with van der Waals surface area (Å²) in [5.74, 6) is 2.31. The molecule has 1 aliphatic heterocycles. The van der Waals surface area contributed by atoms with Crippen molar-refractivity contribution >= 4 is 5.91 Å². The van der Waals surface area contributed by atoms with Gasteiger partial charge in [-0.1, -0.05) is 0 Å². The second-order valence-electron chi connectivity index (χ2n) is 5.95. The summed E-state index contributed by atoms with van der Waals surface area (Å²) in [7, 11) is 3.16. The van der Waals surface area contributed by atoms with Gasteiger partial charge >= 0.3 is 0 Å². The number of likely N-dealkylation sites (tertiary alicyclic amines) is 1. The molecular weight excluding hydrogens is 268 g/mol. The zero-order valence-corrected chi connectivity index (χ0v) is 12.5. The van der Waals surface area contributed by atoms with Gasteiger partial charge in [-0.05, 0) is 42.9 Å². The smallest absolute Gasteiger partial charge is 0.254 e. The number of nitrogens with two attached hydrogens (primary N) is 1. The van der Waals surface area contributed by atoms with Crippen molar-refractivity contribution in [3.8, 4) is 11.5 Å². The third-order valence-corrected chi connectivity index (χ3v) is 4.83. The molecule has 0 aromatic heterocycles. The lowest BCUT2D eigenvalue weighted by Crippen LogP contribution is -2.33. The summed E-state index contributed by atoms with van der Waals surface area (Å²) in [6.07, 6.45) is 2.23. The third kappa shape index (κ3) is 2.46. The van der Waals surface area contributed by atoms with Crippen LogP contribution in [0.4, 0.5) is 0 Å². The van der Waals surface area contributed by atoms with Gasteiger partial charge < -0.3 is 20.1 Å². The molecule has 0 spiro atoms. The fourth-order valence-corrected chi connectivity index (χ4v) is 3.63. The molecule has 21 heavy (non-hydrogen) atoms. The lowest BCUT2D eigenvalue weighted by molar-refractivity contribution is 0.0779. The number of hydrogen-bond acceptors (Lipinski definition) is 4. The van der Waals surface area contributed by atoms with Crippen LogP contribution in [0.15, 0.2) is 18.2 Å². The van der Waals surface area contributed by atoms with Gasteiger partial charge in [-0.2, -0.15) is 0 Å². The van der Waals surface area contributed by atoms with Gasteiger partial charge in [-0.15, -0.1) is 0 Å². The topological polar surface area (TPSA) is 64.8 Å². The Labute approximate surface area is 125 Å². The van der Waals surface area contributed by atoms with Crippen molar-refractivity contribution in [3.05, 3.63) is 23.8 Å². The van der Waals surface area contributed by atoms with Crippen LogP contribution in [0, 0.1) is 11.8 Å². The first kappa shape index (κ1) is 14.2. The Bertz CT molecular complexity index is 546. The Morgan fingerprint density at radius 3 is 2.62 bits per heavy atom. The van der Waals surface area contributed by atoms with Gasteiger partial charge in [-0.25, -0.2) is 0 Å². The second-order valence-corrected chi connectivity index (χ2v) is 5.95. The van der Waals surface area contributed by atoms with Gasteiger partial charge in [0.2, 0.25) is 0 Å². The highest BCUT2D eigenvalue weighted by Crippen LogP contribution is 2.38. The number of carbonyl (C=O) groups excluding carboxylic acids is 1. The molecule has 0 radical (unpaired) electrons. The molecule has 1 amide bonds. The highest BCUT2D eigenvalue weighted by atomic mass is 16.5. The van der Waals surface area contributed by atoms with Crippen molar-refractivity contribution < 1.29 is 14.3 Å². The normalized spacial score (nSPS) is 27.6. The SMILES string of the molecule is COc1ccc(C(=O)N2CC3CCC(N)C3C2)cc1OC. The number of fused-ring (bicyclic) bond motifs is 1. The summed E-state index contributed by atoms with van der Waals surface area (Å²) < 4.78 is 10.5. The van der Waals surface area contributed by atoms with Gasteiger partial charge in [-0.3, -0.25) is 4.79 Å². The van der Waals surface area contributed by atoms with Crippen LogP contribution in [-0.4, -0.2) is 44.2 Å². The fourth-order valence-electron chi connectivity index (χ4n) is 3.63. The van der Waals surface area contributed by atoms with Gasteiger partial charge in [0, 0.05) is 24.7 Å². The largest absolute Gasteiger partial charge is 0.493 e. The number of benzene rings is 1. The summed E-state index contributed by atoms with van der Waals surface area (Å²) >= 11 is 0. The van der Waals surface area contributed by atoms with Gasteiger partial charge in [0.15, 0.2) is 11.5 Å².